The average Bonchev–Trinajstić information content (AvgIpc) is 3.02. The Hall–Kier alpha value is -2.13. The number of hydrogen-bond acceptors (Lipinski definition) is 2. The number of carbonyl (C=O) groups excluding carboxylic acids is 1. The minimum absolute atomic E-state index is 0.00685. The summed E-state index contributed by atoms with van der Waals surface area (Å²) in [4.78, 5) is 14.5. The monoisotopic (exact) mass is 295 g/mol. The molecule has 0 saturated heterocycles. The Kier molecular flexibility index (Phi) is 4.54. The predicted octanol–water partition coefficient (Wildman–Crippen LogP) is 2.81. The Balaban J connectivity index is 1.80. The second-order valence-electron chi connectivity index (χ2n) is 5.77. The number of hydrogen-bond donors (Lipinski definition) is 1. The zero-order valence-corrected chi connectivity index (χ0v) is 12.7. The highest BCUT2D eigenvalue weighted by atomic mass is 16.3. The number of rotatable bonds is 5. The molecule has 0 fully saturated rings. The van der Waals surface area contributed by atoms with E-state index in [9.17, 15) is 9.90 Å². The van der Waals surface area contributed by atoms with E-state index in [2.05, 4.69) is 6.07 Å². The van der Waals surface area contributed by atoms with Gasteiger partial charge < -0.3 is 10.0 Å². The summed E-state index contributed by atoms with van der Waals surface area (Å²) in [5.41, 5.74) is 4.47. The third-order valence-corrected chi connectivity index (χ3v) is 4.22. The number of aliphatic hydroxyl groups excluding tert-OH is 1. The van der Waals surface area contributed by atoms with E-state index in [1.807, 2.05) is 42.5 Å². The van der Waals surface area contributed by atoms with Gasteiger partial charge in [-0.15, -0.1) is 0 Å². The first-order valence-electron chi connectivity index (χ1n) is 7.84. The summed E-state index contributed by atoms with van der Waals surface area (Å²) in [7, 11) is 0. The second kappa shape index (κ2) is 6.75. The summed E-state index contributed by atoms with van der Waals surface area (Å²) < 4.78 is 0. The van der Waals surface area contributed by atoms with E-state index in [4.69, 9.17) is 0 Å². The molecular formula is C19H21NO2. The molecule has 0 heterocycles. The molecule has 0 aliphatic heterocycles. The van der Waals surface area contributed by atoms with Crippen LogP contribution in [0.1, 0.15) is 33.5 Å². The van der Waals surface area contributed by atoms with Gasteiger partial charge in [0.2, 0.25) is 0 Å². The van der Waals surface area contributed by atoms with Gasteiger partial charge in [0, 0.05) is 18.7 Å². The number of carbonyl (C=O) groups is 1. The van der Waals surface area contributed by atoms with Gasteiger partial charge in [0.25, 0.3) is 5.91 Å². The van der Waals surface area contributed by atoms with Crippen molar-refractivity contribution in [2.45, 2.75) is 25.8 Å². The lowest BCUT2D eigenvalue weighted by Crippen LogP contribution is -2.33. The molecule has 3 rings (SSSR count). The molecular weight excluding hydrogens is 274 g/mol. The molecule has 1 aliphatic carbocycles. The van der Waals surface area contributed by atoms with Crippen molar-refractivity contribution in [2.24, 2.45) is 0 Å². The number of aliphatic hydroxyl groups is 1. The molecule has 1 aliphatic rings. The molecule has 114 valence electrons. The van der Waals surface area contributed by atoms with Crippen molar-refractivity contribution < 1.29 is 9.90 Å². The number of benzene rings is 2. The molecule has 2 aromatic carbocycles. The number of fused-ring (bicyclic) bond motifs is 1. The highest BCUT2D eigenvalue weighted by Crippen LogP contribution is 2.23. The van der Waals surface area contributed by atoms with Crippen LogP contribution < -0.4 is 0 Å². The lowest BCUT2D eigenvalue weighted by molar-refractivity contribution is 0.0707. The molecule has 22 heavy (non-hydrogen) atoms. The first-order chi connectivity index (χ1) is 10.8. The Morgan fingerprint density at radius 3 is 2.59 bits per heavy atom. The van der Waals surface area contributed by atoms with Crippen molar-refractivity contribution in [3.8, 4) is 0 Å². The summed E-state index contributed by atoms with van der Waals surface area (Å²) in [6, 6.07) is 15.9. The Morgan fingerprint density at radius 1 is 1.05 bits per heavy atom. The van der Waals surface area contributed by atoms with Gasteiger partial charge in [0.1, 0.15) is 0 Å². The summed E-state index contributed by atoms with van der Waals surface area (Å²) in [5, 5.41) is 9.27. The molecule has 3 nitrogen and oxygen atoms in total. The van der Waals surface area contributed by atoms with Gasteiger partial charge in [-0.1, -0.05) is 36.4 Å². The molecule has 0 saturated carbocycles. The molecule has 1 amide bonds. The smallest absolute Gasteiger partial charge is 0.254 e. The minimum atomic E-state index is -0.0243. The van der Waals surface area contributed by atoms with Crippen LogP contribution in [0.2, 0.25) is 0 Å². The van der Waals surface area contributed by atoms with Crippen LogP contribution >= 0.6 is 0 Å². The quantitative estimate of drug-likeness (QED) is 0.921. The summed E-state index contributed by atoms with van der Waals surface area (Å²) in [5.74, 6) is -0.00685. The van der Waals surface area contributed by atoms with E-state index in [-0.39, 0.29) is 12.5 Å². The highest BCUT2D eigenvalue weighted by Gasteiger charge is 2.18. The van der Waals surface area contributed by atoms with Crippen molar-refractivity contribution in [3.05, 3.63) is 70.8 Å². The number of nitrogens with zero attached hydrogens (tertiary/aromatic N) is 1. The zero-order valence-electron chi connectivity index (χ0n) is 12.7. The highest BCUT2D eigenvalue weighted by molar-refractivity contribution is 5.94. The van der Waals surface area contributed by atoms with E-state index < -0.39 is 0 Å². The van der Waals surface area contributed by atoms with Crippen LogP contribution in [0.3, 0.4) is 0 Å². The summed E-state index contributed by atoms with van der Waals surface area (Å²) in [6.45, 7) is 0.853. The zero-order chi connectivity index (χ0) is 15.4. The Morgan fingerprint density at radius 2 is 1.82 bits per heavy atom. The van der Waals surface area contributed by atoms with Crippen LogP contribution in [0.25, 0.3) is 0 Å². The van der Waals surface area contributed by atoms with Crippen molar-refractivity contribution in [1.82, 2.24) is 4.90 Å². The molecule has 1 N–H and O–H groups in total. The van der Waals surface area contributed by atoms with Gasteiger partial charge >= 0.3 is 0 Å². The maximum atomic E-state index is 12.8. The number of amides is 1. The second-order valence-corrected chi connectivity index (χ2v) is 5.77. The normalized spacial score (nSPS) is 13.0. The van der Waals surface area contributed by atoms with E-state index in [0.717, 1.165) is 24.0 Å². The first kappa shape index (κ1) is 14.8. The van der Waals surface area contributed by atoms with Crippen LogP contribution in [-0.4, -0.2) is 29.1 Å². The molecule has 0 bridgehead atoms. The fourth-order valence-electron chi connectivity index (χ4n) is 3.06. The van der Waals surface area contributed by atoms with Gasteiger partial charge in [0.05, 0.1) is 6.61 Å². The molecule has 3 heteroatoms. The summed E-state index contributed by atoms with van der Waals surface area (Å²) in [6.07, 6.45) is 3.36. The van der Waals surface area contributed by atoms with Crippen LogP contribution in [0.4, 0.5) is 0 Å². The van der Waals surface area contributed by atoms with Crippen LogP contribution in [0.5, 0.6) is 0 Å². The maximum Gasteiger partial charge on any atom is 0.254 e. The molecule has 2 aromatic rings. The number of aryl methyl sites for hydroxylation is 2. The van der Waals surface area contributed by atoms with Gasteiger partial charge in [-0.2, -0.15) is 0 Å². The summed E-state index contributed by atoms with van der Waals surface area (Å²) >= 11 is 0. The van der Waals surface area contributed by atoms with Crippen LogP contribution in [0.15, 0.2) is 48.5 Å². The molecule has 0 spiro atoms. The largest absolute Gasteiger partial charge is 0.395 e. The van der Waals surface area contributed by atoms with Crippen molar-refractivity contribution in [2.75, 3.05) is 13.2 Å². The molecule has 0 radical (unpaired) electrons. The standard InChI is InChI=1S/C19H21NO2/c21-12-11-20(14-15-5-2-1-3-6-15)19(22)18-10-9-16-7-4-8-17(16)13-18/h1-3,5-6,9-10,13,21H,4,7-8,11-12,14H2. The van der Waals surface area contributed by atoms with Gasteiger partial charge in [0.15, 0.2) is 0 Å². The minimum Gasteiger partial charge on any atom is -0.395 e. The third kappa shape index (κ3) is 3.20. The van der Waals surface area contributed by atoms with Crippen molar-refractivity contribution in [3.63, 3.8) is 0 Å². The molecule has 0 unspecified atom stereocenters. The maximum absolute atomic E-state index is 12.8. The SMILES string of the molecule is O=C(c1ccc2c(c1)CCC2)N(CCO)Cc1ccccc1. The van der Waals surface area contributed by atoms with E-state index in [1.165, 1.54) is 17.5 Å². The lowest BCUT2D eigenvalue weighted by atomic mass is 10.1. The van der Waals surface area contributed by atoms with Gasteiger partial charge in [-0.05, 0) is 48.1 Å². The third-order valence-electron chi connectivity index (χ3n) is 4.22. The van der Waals surface area contributed by atoms with E-state index in [0.29, 0.717) is 13.1 Å². The topological polar surface area (TPSA) is 40.5 Å². The van der Waals surface area contributed by atoms with Gasteiger partial charge in [-0.3, -0.25) is 4.79 Å². The predicted molar refractivity (Wildman–Crippen MR) is 86.7 cm³/mol. The Bertz CT molecular complexity index is 652. The van der Waals surface area contributed by atoms with Crippen molar-refractivity contribution >= 4 is 5.91 Å². The van der Waals surface area contributed by atoms with Crippen LogP contribution in [-0.2, 0) is 19.4 Å². The van der Waals surface area contributed by atoms with E-state index >= 15 is 0 Å². The lowest BCUT2D eigenvalue weighted by Gasteiger charge is -2.22. The van der Waals surface area contributed by atoms with Crippen LogP contribution in [0, 0.1) is 0 Å². The molecule has 0 aromatic heterocycles. The first-order valence-corrected chi connectivity index (χ1v) is 7.84. The fourth-order valence-corrected chi connectivity index (χ4v) is 3.06. The van der Waals surface area contributed by atoms with Gasteiger partial charge in [-0.25, -0.2) is 0 Å². The Labute approximate surface area is 131 Å². The van der Waals surface area contributed by atoms with Crippen molar-refractivity contribution in [1.29, 1.82) is 0 Å². The molecule has 0 atom stereocenters. The fraction of sp³-hybridized carbons (Fsp3) is 0.316. The average molecular weight is 295 g/mol. The van der Waals surface area contributed by atoms with E-state index in [1.54, 1.807) is 4.90 Å².